The number of hydrogen-bond donors (Lipinski definition) is 2. The molecule has 37 heavy (non-hydrogen) atoms. The molecular formula is C29H36F3N3O2. The van der Waals surface area contributed by atoms with E-state index in [-0.39, 0.29) is 23.9 Å². The number of hydrogen-bond acceptors (Lipinski definition) is 4. The normalized spacial score (nSPS) is 22.6. The van der Waals surface area contributed by atoms with E-state index < -0.39 is 30.0 Å². The van der Waals surface area contributed by atoms with Crippen LogP contribution in [0.1, 0.15) is 50.1 Å². The predicted octanol–water partition coefficient (Wildman–Crippen LogP) is 5.22. The van der Waals surface area contributed by atoms with Gasteiger partial charge in [0.05, 0.1) is 12.6 Å². The minimum absolute atomic E-state index is 0.143. The summed E-state index contributed by atoms with van der Waals surface area (Å²) in [5, 5.41) is 10.6. The highest BCUT2D eigenvalue weighted by atomic mass is 19.1. The molecule has 0 spiro atoms. The average Bonchev–Trinajstić information content (AvgIpc) is 3.20. The summed E-state index contributed by atoms with van der Waals surface area (Å²) in [6.07, 6.45) is 1.75. The van der Waals surface area contributed by atoms with Gasteiger partial charge >= 0.3 is 0 Å². The van der Waals surface area contributed by atoms with Gasteiger partial charge in [-0.25, -0.2) is 13.2 Å². The number of ether oxygens (including phenoxy) is 1. The van der Waals surface area contributed by atoms with E-state index in [2.05, 4.69) is 16.8 Å². The molecule has 0 bridgehead atoms. The zero-order valence-electron chi connectivity index (χ0n) is 21.7. The summed E-state index contributed by atoms with van der Waals surface area (Å²) >= 11 is 0. The fourth-order valence-electron chi connectivity index (χ4n) is 5.81. The van der Waals surface area contributed by atoms with Crippen LogP contribution in [0.15, 0.2) is 36.4 Å². The van der Waals surface area contributed by atoms with Gasteiger partial charge in [-0.05, 0) is 37.8 Å². The van der Waals surface area contributed by atoms with Crippen LogP contribution in [0.25, 0.3) is 10.9 Å². The number of fused-ring (bicyclic) bond motifs is 3. The lowest BCUT2D eigenvalue weighted by molar-refractivity contribution is 0.0162. The van der Waals surface area contributed by atoms with E-state index in [1.807, 2.05) is 31.2 Å². The number of alkyl halides is 1. The summed E-state index contributed by atoms with van der Waals surface area (Å²) in [7, 11) is 0. The molecule has 5 nitrogen and oxygen atoms in total. The van der Waals surface area contributed by atoms with Crippen molar-refractivity contribution in [1.82, 2.24) is 14.8 Å². The number of aromatic nitrogens is 1. The number of aromatic amines is 1. The van der Waals surface area contributed by atoms with Crippen LogP contribution >= 0.6 is 0 Å². The fraction of sp³-hybridized carbons (Fsp3) is 0.517. The highest BCUT2D eigenvalue weighted by molar-refractivity contribution is 5.85. The minimum atomic E-state index is -1.93. The van der Waals surface area contributed by atoms with E-state index in [9.17, 15) is 5.11 Å². The largest absolute Gasteiger partial charge is 0.492 e. The van der Waals surface area contributed by atoms with Crippen molar-refractivity contribution in [3.8, 4) is 5.75 Å². The molecule has 1 fully saturated rings. The Morgan fingerprint density at radius 2 is 1.86 bits per heavy atom. The Balaban J connectivity index is 1.47. The Morgan fingerprint density at radius 1 is 1.16 bits per heavy atom. The van der Waals surface area contributed by atoms with Crippen molar-refractivity contribution in [3.63, 3.8) is 0 Å². The number of likely N-dealkylation sites (tertiary alicyclic amines) is 1. The number of para-hydroxylation sites is 1. The van der Waals surface area contributed by atoms with Gasteiger partial charge in [-0.2, -0.15) is 0 Å². The second-order valence-corrected chi connectivity index (χ2v) is 10.9. The van der Waals surface area contributed by atoms with Gasteiger partial charge in [0, 0.05) is 66.5 Å². The Bertz CT molecular complexity index is 1230. The van der Waals surface area contributed by atoms with Crippen molar-refractivity contribution >= 4 is 10.9 Å². The molecule has 3 aromatic rings. The molecule has 200 valence electrons. The number of aliphatic hydroxyl groups is 1. The Morgan fingerprint density at radius 3 is 2.54 bits per heavy atom. The molecule has 0 aliphatic carbocycles. The van der Waals surface area contributed by atoms with Crippen molar-refractivity contribution in [1.29, 1.82) is 0 Å². The van der Waals surface area contributed by atoms with Gasteiger partial charge in [0.2, 0.25) is 0 Å². The molecule has 1 unspecified atom stereocenters. The summed E-state index contributed by atoms with van der Waals surface area (Å²) in [4.78, 5) is 7.38. The highest BCUT2D eigenvalue weighted by Gasteiger charge is 2.42. The molecule has 2 N–H and O–H groups in total. The number of halogens is 3. The number of H-pyrrole nitrogens is 1. The SMILES string of the molecule is CCC1CN(CCOc2cc(F)c([C@@H]3c4[nH]c5ccccc5c4C[C@@H](C)N3CC(C)(F)CO)c(F)c2)C1. The zero-order chi connectivity index (χ0) is 26.3. The van der Waals surface area contributed by atoms with Gasteiger partial charge in [-0.15, -0.1) is 0 Å². The fourth-order valence-corrected chi connectivity index (χ4v) is 5.81. The van der Waals surface area contributed by atoms with Crippen molar-refractivity contribution in [2.24, 2.45) is 5.92 Å². The van der Waals surface area contributed by atoms with Crippen LogP contribution < -0.4 is 4.74 Å². The number of benzene rings is 2. The lowest BCUT2D eigenvalue weighted by atomic mass is 9.87. The molecule has 0 amide bonds. The van der Waals surface area contributed by atoms with Crippen LogP contribution in [0.4, 0.5) is 13.2 Å². The van der Waals surface area contributed by atoms with Crippen LogP contribution in [0.5, 0.6) is 5.75 Å². The topological polar surface area (TPSA) is 51.7 Å². The third kappa shape index (κ3) is 5.11. The van der Waals surface area contributed by atoms with E-state index in [0.717, 1.165) is 41.9 Å². The predicted molar refractivity (Wildman–Crippen MR) is 139 cm³/mol. The summed E-state index contributed by atoms with van der Waals surface area (Å²) in [6, 6.07) is 9.11. The van der Waals surface area contributed by atoms with Crippen LogP contribution in [-0.4, -0.2) is 71.0 Å². The van der Waals surface area contributed by atoms with Gasteiger partial charge in [0.15, 0.2) is 0 Å². The highest BCUT2D eigenvalue weighted by Crippen LogP contribution is 2.43. The first kappa shape index (κ1) is 26.1. The Labute approximate surface area is 216 Å². The number of rotatable bonds is 9. The lowest BCUT2D eigenvalue weighted by Crippen LogP contribution is -2.50. The van der Waals surface area contributed by atoms with Crippen molar-refractivity contribution in [3.05, 3.63) is 64.9 Å². The number of nitrogens with one attached hydrogen (secondary N) is 1. The molecule has 2 aliphatic heterocycles. The second kappa shape index (κ2) is 10.3. The number of aliphatic hydroxyl groups excluding tert-OH is 1. The first-order valence-corrected chi connectivity index (χ1v) is 13.2. The first-order chi connectivity index (χ1) is 17.7. The van der Waals surface area contributed by atoms with Crippen molar-refractivity contribution in [2.75, 3.05) is 39.4 Å². The maximum absolute atomic E-state index is 15.7. The maximum atomic E-state index is 15.7. The molecule has 1 aromatic heterocycles. The summed E-state index contributed by atoms with van der Waals surface area (Å²) in [5.41, 5.74) is 0.429. The third-order valence-electron chi connectivity index (χ3n) is 7.97. The van der Waals surface area contributed by atoms with E-state index >= 15 is 13.2 Å². The Hall–Kier alpha value is -2.55. The summed E-state index contributed by atoms with van der Waals surface area (Å²) in [5.74, 6) is -0.600. The van der Waals surface area contributed by atoms with Gasteiger partial charge in [0.1, 0.15) is 29.7 Å². The third-order valence-corrected chi connectivity index (χ3v) is 7.97. The molecule has 1 saturated heterocycles. The maximum Gasteiger partial charge on any atom is 0.143 e. The molecule has 0 saturated carbocycles. The van der Waals surface area contributed by atoms with Crippen LogP contribution in [0.2, 0.25) is 0 Å². The van der Waals surface area contributed by atoms with Crippen molar-refractivity contribution in [2.45, 2.75) is 51.4 Å². The monoisotopic (exact) mass is 515 g/mol. The van der Waals surface area contributed by atoms with Gasteiger partial charge < -0.3 is 14.8 Å². The van der Waals surface area contributed by atoms with Crippen LogP contribution in [0, 0.1) is 17.6 Å². The van der Waals surface area contributed by atoms with E-state index in [1.165, 1.54) is 19.1 Å². The molecule has 5 rings (SSSR count). The molecule has 8 heteroatoms. The van der Waals surface area contributed by atoms with E-state index in [0.29, 0.717) is 25.3 Å². The summed E-state index contributed by atoms with van der Waals surface area (Å²) < 4.78 is 52.2. The molecular weight excluding hydrogens is 479 g/mol. The van der Waals surface area contributed by atoms with Crippen LogP contribution in [0.3, 0.4) is 0 Å². The molecule has 0 radical (unpaired) electrons. The zero-order valence-corrected chi connectivity index (χ0v) is 21.7. The minimum Gasteiger partial charge on any atom is -0.492 e. The first-order valence-electron chi connectivity index (χ1n) is 13.2. The standard InChI is InChI=1S/C29H36F3N3O2/c1-4-19-14-34(15-19)9-10-37-20-12-23(30)26(24(31)13-20)28-27-22(21-7-5-6-8-25(21)33-27)11-18(2)35(28)16-29(3,32)17-36/h5-8,12-13,18-19,28,33,36H,4,9-11,14-17H2,1-3H3/t18-,28-,29?/m1/s1. The summed E-state index contributed by atoms with van der Waals surface area (Å²) in [6.45, 7) is 7.69. The average molecular weight is 516 g/mol. The van der Waals surface area contributed by atoms with Crippen molar-refractivity contribution < 1.29 is 23.0 Å². The molecule has 2 aromatic carbocycles. The van der Waals surface area contributed by atoms with Gasteiger partial charge in [-0.1, -0.05) is 31.5 Å². The Kier molecular flexibility index (Phi) is 7.27. The molecule has 3 atom stereocenters. The smallest absolute Gasteiger partial charge is 0.143 e. The second-order valence-electron chi connectivity index (χ2n) is 10.9. The molecule has 2 aliphatic rings. The number of nitrogens with zero attached hydrogens (tertiary/aromatic N) is 2. The quantitative estimate of drug-likeness (QED) is 0.410. The van der Waals surface area contributed by atoms with Gasteiger partial charge in [0.25, 0.3) is 0 Å². The lowest BCUT2D eigenvalue weighted by Gasteiger charge is -2.43. The van der Waals surface area contributed by atoms with Gasteiger partial charge in [-0.3, -0.25) is 9.80 Å². The van der Waals surface area contributed by atoms with E-state index in [1.54, 1.807) is 4.90 Å². The van der Waals surface area contributed by atoms with Crippen LogP contribution in [-0.2, 0) is 6.42 Å². The van der Waals surface area contributed by atoms with E-state index in [4.69, 9.17) is 4.74 Å². The molecule has 3 heterocycles.